The van der Waals surface area contributed by atoms with Crippen molar-refractivity contribution in [3.05, 3.63) is 24.3 Å². The molecule has 0 unspecified atom stereocenters. The lowest BCUT2D eigenvalue weighted by atomic mass is 10.3. The molecule has 0 atom stereocenters. The van der Waals surface area contributed by atoms with Crippen LogP contribution in [0.3, 0.4) is 0 Å². The van der Waals surface area contributed by atoms with Crippen molar-refractivity contribution in [1.29, 1.82) is 0 Å². The highest BCUT2D eigenvalue weighted by atomic mass is 16.5. The molecule has 0 aliphatic carbocycles. The molecule has 23 heavy (non-hydrogen) atoms. The summed E-state index contributed by atoms with van der Waals surface area (Å²) >= 11 is 0. The number of methoxy groups -OCH3 is 2. The molecular formula is C16H23NO6. The molecule has 0 aromatic heterocycles. The SMILES string of the molecule is COC(=O)CCN(CCCO)C(=O)COc1ccccc1OC. The number of carbonyl (C=O) groups is 2. The first-order chi connectivity index (χ1) is 11.1. The molecule has 1 N–H and O–H groups in total. The first-order valence-corrected chi connectivity index (χ1v) is 7.33. The van der Waals surface area contributed by atoms with Gasteiger partial charge < -0.3 is 24.2 Å². The summed E-state index contributed by atoms with van der Waals surface area (Å²) in [5, 5.41) is 8.92. The monoisotopic (exact) mass is 325 g/mol. The number of aliphatic hydroxyl groups is 1. The second kappa shape index (κ2) is 10.4. The summed E-state index contributed by atoms with van der Waals surface area (Å²) in [6, 6.07) is 7.03. The molecular weight excluding hydrogens is 302 g/mol. The average Bonchev–Trinajstić information content (AvgIpc) is 2.59. The fourth-order valence-electron chi connectivity index (χ4n) is 1.92. The van der Waals surface area contributed by atoms with Crippen LogP contribution in [0.4, 0.5) is 0 Å². The van der Waals surface area contributed by atoms with Crippen LogP contribution >= 0.6 is 0 Å². The third kappa shape index (κ3) is 6.56. The van der Waals surface area contributed by atoms with E-state index in [-0.39, 0.29) is 32.1 Å². The molecule has 1 amide bonds. The van der Waals surface area contributed by atoms with Crippen molar-refractivity contribution in [1.82, 2.24) is 4.90 Å². The fraction of sp³-hybridized carbons (Fsp3) is 0.500. The van der Waals surface area contributed by atoms with Gasteiger partial charge in [0.05, 0.1) is 20.6 Å². The molecule has 0 saturated carbocycles. The smallest absolute Gasteiger partial charge is 0.307 e. The second-order valence-corrected chi connectivity index (χ2v) is 4.72. The predicted molar refractivity (Wildman–Crippen MR) is 83.4 cm³/mol. The Morgan fingerprint density at radius 3 is 2.43 bits per heavy atom. The first kappa shape index (κ1) is 18.8. The molecule has 1 aromatic rings. The minimum atomic E-state index is -0.391. The first-order valence-electron chi connectivity index (χ1n) is 7.33. The van der Waals surface area contributed by atoms with E-state index >= 15 is 0 Å². The van der Waals surface area contributed by atoms with Crippen LogP contribution in [0.25, 0.3) is 0 Å². The quantitative estimate of drug-likeness (QED) is 0.642. The van der Waals surface area contributed by atoms with Crippen molar-refractivity contribution >= 4 is 11.9 Å². The van der Waals surface area contributed by atoms with Gasteiger partial charge in [-0.2, -0.15) is 0 Å². The molecule has 0 aliphatic rings. The summed E-state index contributed by atoms with van der Waals surface area (Å²) < 4.78 is 15.2. The van der Waals surface area contributed by atoms with E-state index in [2.05, 4.69) is 4.74 Å². The van der Waals surface area contributed by atoms with Gasteiger partial charge in [-0.25, -0.2) is 0 Å². The lowest BCUT2D eigenvalue weighted by Crippen LogP contribution is -2.37. The standard InChI is InChI=1S/C16H23NO6/c1-21-13-6-3-4-7-14(13)23-12-15(19)17(9-5-11-18)10-8-16(20)22-2/h3-4,6-7,18H,5,8-12H2,1-2H3. The van der Waals surface area contributed by atoms with Crippen LogP contribution in [0.5, 0.6) is 11.5 Å². The van der Waals surface area contributed by atoms with Crippen molar-refractivity contribution in [3.8, 4) is 11.5 Å². The van der Waals surface area contributed by atoms with Gasteiger partial charge in [-0.15, -0.1) is 0 Å². The van der Waals surface area contributed by atoms with Crippen molar-refractivity contribution in [3.63, 3.8) is 0 Å². The van der Waals surface area contributed by atoms with Crippen LogP contribution in [-0.2, 0) is 14.3 Å². The van der Waals surface area contributed by atoms with Crippen molar-refractivity contribution < 1.29 is 28.9 Å². The Hall–Kier alpha value is -2.28. The largest absolute Gasteiger partial charge is 0.493 e. The van der Waals surface area contributed by atoms with Crippen LogP contribution in [-0.4, -0.2) is 62.4 Å². The number of rotatable bonds is 10. The molecule has 7 heteroatoms. The van der Waals surface area contributed by atoms with E-state index in [1.807, 2.05) is 0 Å². The van der Waals surface area contributed by atoms with Crippen LogP contribution in [0.2, 0.25) is 0 Å². The van der Waals surface area contributed by atoms with Crippen LogP contribution in [0.1, 0.15) is 12.8 Å². The van der Waals surface area contributed by atoms with E-state index in [0.29, 0.717) is 24.5 Å². The molecule has 0 aliphatic heterocycles. The summed E-state index contributed by atoms with van der Waals surface area (Å²) in [7, 11) is 2.82. The van der Waals surface area contributed by atoms with Crippen molar-refractivity contribution in [2.24, 2.45) is 0 Å². The highest BCUT2D eigenvalue weighted by Crippen LogP contribution is 2.25. The summed E-state index contributed by atoms with van der Waals surface area (Å²) in [6.45, 7) is 0.366. The molecule has 128 valence electrons. The number of aliphatic hydroxyl groups excluding tert-OH is 1. The maximum atomic E-state index is 12.2. The Morgan fingerprint density at radius 2 is 1.83 bits per heavy atom. The number of para-hydroxylation sites is 2. The number of carbonyl (C=O) groups excluding carboxylic acids is 2. The Bertz CT molecular complexity index is 505. The number of benzene rings is 1. The summed E-state index contributed by atoms with van der Waals surface area (Å²) in [4.78, 5) is 24.9. The lowest BCUT2D eigenvalue weighted by Gasteiger charge is -2.22. The predicted octanol–water partition coefficient (Wildman–Crippen LogP) is 0.848. The van der Waals surface area contributed by atoms with E-state index in [0.717, 1.165) is 0 Å². The topological polar surface area (TPSA) is 85.3 Å². The number of nitrogens with zero attached hydrogens (tertiary/aromatic N) is 1. The highest BCUT2D eigenvalue weighted by molar-refractivity contribution is 5.78. The lowest BCUT2D eigenvalue weighted by molar-refractivity contribution is -0.142. The molecule has 0 bridgehead atoms. The average molecular weight is 325 g/mol. The number of esters is 1. The van der Waals surface area contributed by atoms with Gasteiger partial charge in [0, 0.05) is 19.7 Å². The Morgan fingerprint density at radius 1 is 1.13 bits per heavy atom. The van der Waals surface area contributed by atoms with Gasteiger partial charge in [-0.3, -0.25) is 9.59 Å². The Balaban J connectivity index is 2.59. The van der Waals surface area contributed by atoms with Gasteiger partial charge >= 0.3 is 5.97 Å². The van der Waals surface area contributed by atoms with E-state index < -0.39 is 5.97 Å². The minimum Gasteiger partial charge on any atom is -0.493 e. The van der Waals surface area contributed by atoms with Gasteiger partial charge in [0.15, 0.2) is 18.1 Å². The van der Waals surface area contributed by atoms with Gasteiger partial charge in [-0.1, -0.05) is 12.1 Å². The molecule has 0 saturated heterocycles. The molecule has 7 nitrogen and oxygen atoms in total. The van der Waals surface area contributed by atoms with Crippen molar-refractivity contribution in [2.75, 3.05) is 40.5 Å². The maximum Gasteiger partial charge on any atom is 0.307 e. The molecule has 1 rings (SSSR count). The third-order valence-corrected chi connectivity index (χ3v) is 3.17. The second-order valence-electron chi connectivity index (χ2n) is 4.72. The van der Waals surface area contributed by atoms with Gasteiger partial charge in [0.2, 0.25) is 0 Å². The summed E-state index contributed by atoms with van der Waals surface area (Å²) in [6.07, 6.45) is 0.532. The van der Waals surface area contributed by atoms with E-state index in [4.69, 9.17) is 14.6 Å². The van der Waals surface area contributed by atoms with Crippen LogP contribution in [0, 0.1) is 0 Å². The zero-order valence-electron chi connectivity index (χ0n) is 13.5. The molecule has 1 aromatic carbocycles. The summed E-state index contributed by atoms with van der Waals surface area (Å²) in [5.41, 5.74) is 0. The summed E-state index contributed by atoms with van der Waals surface area (Å²) in [5.74, 6) is 0.348. The zero-order valence-corrected chi connectivity index (χ0v) is 13.5. The van der Waals surface area contributed by atoms with Gasteiger partial charge in [0.25, 0.3) is 5.91 Å². The fourth-order valence-corrected chi connectivity index (χ4v) is 1.92. The molecule has 0 spiro atoms. The van der Waals surface area contributed by atoms with E-state index in [1.54, 1.807) is 24.3 Å². The zero-order chi connectivity index (χ0) is 17.1. The van der Waals surface area contributed by atoms with Crippen LogP contribution in [0.15, 0.2) is 24.3 Å². The van der Waals surface area contributed by atoms with Crippen LogP contribution < -0.4 is 9.47 Å². The highest BCUT2D eigenvalue weighted by Gasteiger charge is 2.16. The minimum absolute atomic E-state index is 0.0324. The Kier molecular flexibility index (Phi) is 8.52. The normalized spacial score (nSPS) is 10.0. The number of amides is 1. The van der Waals surface area contributed by atoms with E-state index in [1.165, 1.54) is 19.1 Å². The number of hydrogen-bond donors (Lipinski definition) is 1. The van der Waals surface area contributed by atoms with Gasteiger partial charge in [-0.05, 0) is 18.6 Å². The molecule has 0 radical (unpaired) electrons. The molecule has 0 heterocycles. The van der Waals surface area contributed by atoms with Gasteiger partial charge in [0.1, 0.15) is 0 Å². The van der Waals surface area contributed by atoms with Crippen molar-refractivity contribution in [2.45, 2.75) is 12.8 Å². The number of ether oxygens (including phenoxy) is 3. The van der Waals surface area contributed by atoms with E-state index in [9.17, 15) is 9.59 Å². The Labute approximate surface area is 135 Å². The number of hydrogen-bond acceptors (Lipinski definition) is 6. The molecule has 0 fully saturated rings. The maximum absolute atomic E-state index is 12.2. The third-order valence-electron chi connectivity index (χ3n) is 3.17.